The highest BCUT2D eigenvalue weighted by Crippen LogP contribution is 2.28. The van der Waals surface area contributed by atoms with Gasteiger partial charge in [0.15, 0.2) is 0 Å². The largest absolute Gasteiger partial charge is 0.465 e. The standard InChI is InChI=1S/C6H10N2O2/c1-6(4(7)8)2-3-10-5(6)9/h2-3H2,1H3,(H3,7,8)/t6-/m1/s1. The summed E-state index contributed by atoms with van der Waals surface area (Å²) in [5.74, 6) is -0.477. The normalized spacial score (nSPS) is 31.9. The summed E-state index contributed by atoms with van der Waals surface area (Å²) < 4.78 is 4.67. The highest BCUT2D eigenvalue weighted by molar-refractivity contribution is 6.03. The molecule has 0 radical (unpaired) electrons. The SMILES string of the molecule is C[C@]1(C(=N)N)CCOC1=O. The van der Waals surface area contributed by atoms with Crippen LogP contribution >= 0.6 is 0 Å². The maximum absolute atomic E-state index is 10.9. The van der Waals surface area contributed by atoms with Crippen LogP contribution < -0.4 is 5.73 Å². The number of rotatable bonds is 1. The van der Waals surface area contributed by atoms with Gasteiger partial charge in [-0.1, -0.05) is 0 Å². The molecular formula is C6H10N2O2. The Bertz CT molecular complexity index is 190. The van der Waals surface area contributed by atoms with E-state index in [0.717, 1.165) is 0 Å². The molecule has 4 nitrogen and oxygen atoms in total. The Morgan fingerprint density at radius 2 is 2.50 bits per heavy atom. The van der Waals surface area contributed by atoms with Crippen molar-refractivity contribution in [3.63, 3.8) is 0 Å². The van der Waals surface area contributed by atoms with Gasteiger partial charge in [-0.05, 0) is 6.92 Å². The zero-order valence-corrected chi connectivity index (χ0v) is 5.81. The van der Waals surface area contributed by atoms with Gasteiger partial charge >= 0.3 is 5.97 Å². The molecule has 1 rings (SSSR count). The lowest BCUT2D eigenvalue weighted by atomic mass is 9.88. The van der Waals surface area contributed by atoms with E-state index in [1.807, 2.05) is 0 Å². The summed E-state index contributed by atoms with van der Waals surface area (Å²) >= 11 is 0. The third kappa shape index (κ3) is 0.761. The number of cyclic esters (lactones) is 1. The molecule has 0 unspecified atom stereocenters. The smallest absolute Gasteiger partial charge is 0.319 e. The van der Waals surface area contributed by atoms with Crippen LogP contribution in [0.2, 0.25) is 0 Å². The summed E-state index contributed by atoms with van der Waals surface area (Å²) in [5, 5.41) is 7.10. The van der Waals surface area contributed by atoms with Gasteiger partial charge in [-0.15, -0.1) is 0 Å². The van der Waals surface area contributed by atoms with Crippen molar-refractivity contribution >= 4 is 11.8 Å². The van der Waals surface area contributed by atoms with E-state index in [-0.39, 0.29) is 11.8 Å². The molecule has 1 aliphatic rings. The fourth-order valence-corrected chi connectivity index (χ4v) is 0.854. The summed E-state index contributed by atoms with van der Waals surface area (Å²) in [6.45, 7) is 2.01. The van der Waals surface area contributed by atoms with Crippen LogP contribution in [0.4, 0.5) is 0 Å². The van der Waals surface area contributed by atoms with Crippen molar-refractivity contribution in [3.8, 4) is 0 Å². The number of carbonyl (C=O) groups excluding carboxylic acids is 1. The Hall–Kier alpha value is -1.06. The van der Waals surface area contributed by atoms with E-state index in [2.05, 4.69) is 4.74 Å². The molecule has 0 amide bonds. The van der Waals surface area contributed by atoms with Crippen LogP contribution in [-0.4, -0.2) is 18.4 Å². The minimum absolute atomic E-state index is 0.102. The molecule has 0 aromatic rings. The van der Waals surface area contributed by atoms with Crippen LogP contribution in [0.25, 0.3) is 0 Å². The third-order valence-electron chi connectivity index (χ3n) is 1.88. The molecular weight excluding hydrogens is 132 g/mol. The Morgan fingerprint density at radius 3 is 2.70 bits per heavy atom. The summed E-state index contributed by atoms with van der Waals surface area (Å²) in [7, 11) is 0. The molecule has 1 heterocycles. The Kier molecular flexibility index (Phi) is 1.39. The van der Waals surface area contributed by atoms with E-state index in [4.69, 9.17) is 11.1 Å². The maximum Gasteiger partial charge on any atom is 0.319 e. The highest BCUT2D eigenvalue weighted by Gasteiger charge is 2.42. The van der Waals surface area contributed by atoms with E-state index < -0.39 is 5.41 Å². The summed E-state index contributed by atoms with van der Waals surface area (Å²) in [4.78, 5) is 10.9. The number of amidine groups is 1. The second-order valence-electron chi connectivity index (χ2n) is 2.63. The van der Waals surface area contributed by atoms with Gasteiger partial charge in [0.1, 0.15) is 11.3 Å². The number of nitrogens with one attached hydrogen (secondary N) is 1. The lowest BCUT2D eigenvalue weighted by molar-refractivity contribution is -0.142. The minimum atomic E-state index is -0.847. The number of hydrogen-bond acceptors (Lipinski definition) is 3. The van der Waals surface area contributed by atoms with Crippen LogP contribution in [-0.2, 0) is 9.53 Å². The van der Waals surface area contributed by atoms with Crippen molar-refractivity contribution in [3.05, 3.63) is 0 Å². The first-order valence-electron chi connectivity index (χ1n) is 3.09. The lowest BCUT2D eigenvalue weighted by Gasteiger charge is -2.15. The van der Waals surface area contributed by atoms with Crippen LogP contribution in [0.3, 0.4) is 0 Å². The van der Waals surface area contributed by atoms with Crippen LogP contribution in [0, 0.1) is 10.8 Å². The predicted octanol–water partition coefficient (Wildman–Crippen LogP) is -0.124. The molecule has 0 bridgehead atoms. The third-order valence-corrected chi connectivity index (χ3v) is 1.88. The second kappa shape index (κ2) is 1.97. The van der Waals surface area contributed by atoms with Crippen molar-refractivity contribution in [2.75, 3.05) is 6.61 Å². The van der Waals surface area contributed by atoms with Crippen molar-refractivity contribution in [1.82, 2.24) is 0 Å². The number of nitrogens with two attached hydrogens (primary N) is 1. The van der Waals surface area contributed by atoms with Crippen LogP contribution in [0.15, 0.2) is 0 Å². The van der Waals surface area contributed by atoms with Crippen LogP contribution in [0.1, 0.15) is 13.3 Å². The second-order valence-corrected chi connectivity index (χ2v) is 2.63. The van der Waals surface area contributed by atoms with Crippen molar-refractivity contribution in [1.29, 1.82) is 5.41 Å². The van der Waals surface area contributed by atoms with Gasteiger partial charge in [-0.3, -0.25) is 10.2 Å². The fraction of sp³-hybridized carbons (Fsp3) is 0.667. The summed E-state index contributed by atoms with van der Waals surface area (Å²) in [6.07, 6.45) is 0.529. The summed E-state index contributed by atoms with van der Waals surface area (Å²) in [6, 6.07) is 0. The van der Waals surface area contributed by atoms with Crippen molar-refractivity contribution in [2.24, 2.45) is 11.1 Å². The Balaban J connectivity index is 2.86. The van der Waals surface area contributed by atoms with Gasteiger partial charge in [0, 0.05) is 6.42 Å². The Labute approximate surface area is 58.9 Å². The lowest BCUT2D eigenvalue weighted by Crippen LogP contribution is -2.37. The van der Waals surface area contributed by atoms with Gasteiger partial charge in [-0.2, -0.15) is 0 Å². The molecule has 0 aromatic heterocycles. The monoisotopic (exact) mass is 142 g/mol. The summed E-state index contributed by atoms with van der Waals surface area (Å²) in [5.41, 5.74) is 4.36. The molecule has 1 atom stereocenters. The van der Waals surface area contributed by atoms with E-state index in [1.165, 1.54) is 0 Å². The fourth-order valence-electron chi connectivity index (χ4n) is 0.854. The molecule has 0 aromatic carbocycles. The predicted molar refractivity (Wildman–Crippen MR) is 35.6 cm³/mol. The number of carbonyl (C=O) groups is 1. The topological polar surface area (TPSA) is 76.2 Å². The quantitative estimate of drug-likeness (QED) is 0.304. The van der Waals surface area contributed by atoms with E-state index in [9.17, 15) is 4.79 Å². The van der Waals surface area contributed by atoms with Crippen LogP contribution in [0.5, 0.6) is 0 Å². The van der Waals surface area contributed by atoms with Gasteiger partial charge in [0.2, 0.25) is 0 Å². The Morgan fingerprint density at radius 1 is 1.90 bits per heavy atom. The molecule has 1 fully saturated rings. The van der Waals surface area contributed by atoms with E-state index >= 15 is 0 Å². The number of esters is 1. The molecule has 3 N–H and O–H groups in total. The van der Waals surface area contributed by atoms with Crippen molar-refractivity contribution in [2.45, 2.75) is 13.3 Å². The van der Waals surface area contributed by atoms with Gasteiger partial charge in [0.05, 0.1) is 6.61 Å². The van der Waals surface area contributed by atoms with Gasteiger partial charge in [0.25, 0.3) is 0 Å². The average molecular weight is 142 g/mol. The first-order valence-corrected chi connectivity index (χ1v) is 3.09. The first-order chi connectivity index (χ1) is 4.57. The highest BCUT2D eigenvalue weighted by atomic mass is 16.5. The molecule has 0 spiro atoms. The van der Waals surface area contributed by atoms with Crippen molar-refractivity contribution < 1.29 is 9.53 Å². The minimum Gasteiger partial charge on any atom is -0.465 e. The molecule has 1 aliphatic heterocycles. The van der Waals surface area contributed by atoms with Gasteiger partial charge in [-0.25, -0.2) is 0 Å². The van der Waals surface area contributed by atoms with E-state index in [1.54, 1.807) is 6.92 Å². The maximum atomic E-state index is 10.9. The molecule has 0 aliphatic carbocycles. The molecule has 4 heteroatoms. The molecule has 1 saturated heterocycles. The molecule has 56 valence electrons. The molecule has 10 heavy (non-hydrogen) atoms. The first kappa shape index (κ1) is 7.05. The zero-order chi connectivity index (χ0) is 7.78. The average Bonchev–Trinajstić information content (AvgIpc) is 2.15. The zero-order valence-electron chi connectivity index (χ0n) is 5.81. The number of ether oxygens (including phenoxy) is 1. The number of hydrogen-bond donors (Lipinski definition) is 2. The van der Waals surface area contributed by atoms with E-state index in [0.29, 0.717) is 13.0 Å². The molecule has 0 saturated carbocycles. The van der Waals surface area contributed by atoms with Gasteiger partial charge < -0.3 is 10.5 Å².